The van der Waals surface area contributed by atoms with E-state index in [9.17, 15) is 9.59 Å². The second-order valence-electron chi connectivity index (χ2n) is 7.35. The van der Waals surface area contributed by atoms with Gasteiger partial charge in [-0.1, -0.05) is 34.5 Å². The predicted molar refractivity (Wildman–Crippen MR) is 120 cm³/mol. The topological polar surface area (TPSA) is 93.8 Å². The van der Waals surface area contributed by atoms with E-state index in [4.69, 9.17) is 37.4 Å². The Bertz CT molecular complexity index is 961. The second kappa shape index (κ2) is 10.3. The predicted octanol–water partition coefficient (Wildman–Crippen LogP) is 4.13. The SMILES string of the molecule is COCc1nc(N2CC[C@@H](CC(=O)c3[nH]c(C)c(Cl)c3Cl)[C@@H](OC)C2)sc1C(=O)OC. The zero-order chi connectivity index (χ0) is 22.7. The van der Waals surface area contributed by atoms with Crippen LogP contribution < -0.4 is 4.90 Å². The fourth-order valence-corrected chi connectivity index (χ4v) is 5.16. The Balaban J connectivity index is 1.73. The highest BCUT2D eigenvalue weighted by molar-refractivity contribution is 7.17. The lowest BCUT2D eigenvalue weighted by atomic mass is 9.88. The number of esters is 1. The summed E-state index contributed by atoms with van der Waals surface area (Å²) in [6.45, 7) is 3.22. The number of halogens is 2. The summed E-state index contributed by atoms with van der Waals surface area (Å²) in [6.07, 6.45) is 0.837. The molecule has 11 heteroatoms. The second-order valence-corrected chi connectivity index (χ2v) is 9.08. The summed E-state index contributed by atoms with van der Waals surface area (Å²) < 4.78 is 15.7. The highest BCUT2D eigenvalue weighted by Crippen LogP contribution is 2.35. The van der Waals surface area contributed by atoms with E-state index < -0.39 is 5.97 Å². The number of carbonyl (C=O) groups excluding carboxylic acids is 2. The van der Waals surface area contributed by atoms with Gasteiger partial charge in [0.1, 0.15) is 10.6 Å². The molecule has 3 rings (SSSR count). The lowest BCUT2D eigenvalue weighted by Crippen LogP contribution is -2.45. The molecular weight excluding hydrogens is 465 g/mol. The van der Waals surface area contributed by atoms with Crippen LogP contribution in [0.25, 0.3) is 0 Å². The van der Waals surface area contributed by atoms with E-state index in [0.29, 0.717) is 51.6 Å². The van der Waals surface area contributed by atoms with E-state index in [1.54, 1.807) is 21.1 Å². The van der Waals surface area contributed by atoms with Gasteiger partial charge in [0.2, 0.25) is 0 Å². The zero-order valence-electron chi connectivity index (χ0n) is 17.8. The number of aromatic amines is 1. The van der Waals surface area contributed by atoms with Crippen LogP contribution in [-0.4, -0.2) is 62.2 Å². The van der Waals surface area contributed by atoms with E-state index in [0.717, 1.165) is 6.42 Å². The Hall–Kier alpha value is -1.65. The number of methoxy groups -OCH3 is 3. The molecule has 0 amide bonds. The first-order valence-electron chi connectivity index (χ1n) is 9.72. The van der Waals surface area contributed by atoms with Gasteiger partial charge in [-0.15, -0.1) is 0 Å². The van der Waals surface area contributed by atoms with Crippen LogP contribution in [0.5, 0.6) is 0 Å². The Morgan fingerprint density at radius 1 is 1.26 bits per heavy atom. The molecule has 0 spiro atoms. The van der Waals surface area contributed by atoms with Crippen LogP contribution in [0.4, 0.5) is 5.13 Å². The molecule has 31 heavy (non-hydrogen) atoms. The average Bonchev–Trinajstić information content (AvgIpc) is 3.30. The smallest absolute Gasteiger partial charge is 0.350 e. The molecule has 2 aromatic rings. The molecule has 0 radical (unpaired) electrons. The number of rotatable bonds is 8. The number of thiazole rings is 1. The lowest BCUT2D eigenvalue weighted by molar-refractivity contribution is 0.0374. The Labute approximate surface area is 194 Å². The van der Waals surface area contributed by atoms with E-state index in [1.807, 2.05) is 0 Å². The van der Waals surface area contributed by atoms with Crippen LogP contribution >= 0.6 is 34.5 Å². The number of H-pyrrole nitrogens is 1. The number of aromatic nitrogens is 2. The van der Waals surface area contributed by atoms with Gasteiger partial charge in [-0.2, -0.15) is 0 Å². The standard InChI is InChI=1S/C20H25Cl2N3O5S/c1-10-15(21)16(22)17(23-10)13(26)7-11-5-6-25(8-14(11)29-3)20-24-12(9-28-2)18(31-20)19(27)30-4/h11,14,23H,5-9H2,1-4H3/t11-,14-/m0/s1. The quantitative estimate of drug-likeness (QED) is 0.439. The number of aryl methyl sites for hydroxylation is 1. The minimum atomic E-state index is -0.434. The number of nitrogens with one attached hydrogen (secondary N) is 1. The summed E-state index contributed by atoms with van der Waals surface area (Å²) in [4.78, 5) is 34.9. The van der Waals surface area contributed by atoms with Gasteiger partial charge in [-0.05, 0) is 19.3 Å². The van der Waals surface area contributed by atoms with Crippen molar-refractivity contribution in [2.45, 2.75) is 32.5 Å². The number of anilines is 1. The van der Waals surface area contributed by atoms with Crippen molar-refractivity contribution in [1.29, 1.82) is 0 Å². The van der Waals surface area contributed by atoms with Crippen LogP contribution in [-0.2, 0) is 20.8 Å². The maximum absolute atomic E-state index is 12.8. The molecule has 8 nitrogen and oxygen atoms in total. The third-order valence-electron chi connectivity index (χ3n) is 5.39. The summed E-state index contributed by atoms with van der Waals surface area (Å²) in [5, 5.41) is 1.34. The summed E-state index contributed by atoms with van der Waals surface area (Å²) >= 11 is 13.6. The molecule has 2 aromatic heterocycles. The number of Topliss-reactive ketones (excluding diaryl/α,β-unsaturated/α-hetero) is 1. The maximum Gasteiger partial charge on any atom is 0.350 e. The lowest BCUT2D eigenvalue weighted by Gasteiger charge is -2.37. The summed E-state index contributed by atoms with van der Waals surface area (Å²) in [5.41, 5.74) is 1.56. The Morgan fingerprint density at radius 3 is 2.58 bits per heavy atom. The van der Waals surface area contributed by atoms with Crippen molar-refractivity contribution in [3.8, 4) is 0 Å². The van der Waals surface area contributed by atoms with E-state index in [2.05, 4.69) is 14.9 Å². The first-order chi connectivity index (χ1) is 14.8. The maximum atomic E-state index is 12.8. The molecule has 0 saturated carbocycles. The molecule has 0 aromatic carbocycles. The molecule has 1 fully saturated rings. The molecule has 1 aliphatic heterocycles. The number of hydrogen-bond donors (Lipinski definition) is 1. The molecule has 1 N–H and O–H groups in total. The third-order valence-corrected chi connectivity index (χ3v) is 7.47. The molecule has 0 bridgehead atoms. The van der Waals surface area contributed by atoms with Crippen molar-refractivity contribution < 1.29 is 23.8 Å². The molecule has 1 saturated heterocycles. The monoisotopic (exact) mass is 489 g/mol. The summed E-state index contributed by atoms with van der Waals surface area (Å²) in [7, 11) is 4.52. The fourth-order valence-electron chi connectivity index (χ4n) is 3.70. The molecule has 2 atom stereocenters. The normalized spacial score (nSPS) is 19.0. The molecule has 170 valence electrons. The van der Waals surface area contributed by atoms with Crippen molar-refractivity contribution in [2.75, 3.05) is 39.3 Å². The van der Waals surface area contributed by atoms with Crippen LogP contribution in [0.1, 0.15) is 44.4 Å². The number of ether oxygens (including phenoxy) is 3. The third kappa shape index (κ3) is 5.06. The van der Waals surface area contributed by atoms with Crippen LogP contribution in [0, 0.1) is 12.8 Å². The molecule has 3 heterocycles. The van der Waals surface area contributed by atoms with Crippen molar-refractivity contribution >= 4 is 51.4 Å². The molecule has 0 aliphatic carbocycles. The fraction of sp³-hybridized carbons (Fsp3) is 0.550. The number of piperidine rings is 1. The van der Waals surface area contributed by atoms with Crippen LogP contribution in [0.2, 0.25) is 10.0 Å². The van der Waals surface area contributed by atoms with Crippen molar-refractivity contribution in [2.24, 2.45) is 5.92 Å². The largest absolute Gasteiger partial charge is 0.465 e. The van der Waals surface area contributed by atoms with Gasteiger partial charge >= 0.3 is 5.97 Å². The van der Waals surface area contributed by atoms with Gasteiger partial charge in [-0.25, -0.2) is 9.78 Å². The van der Waals surface area contributed by atoms with Gasteiger partial charge in [-0.3, -0.25) is 4.79 Å². The molecular formula is C20H25Cl2N3O5S. The van der Waals surface area contributed by atoms with Gasteiger partial charge in [0.15, 0.2) is 10.9 Å². The van der Waals surface area contributed by atoms with Crippen molar-refractivity contribution in [3.05, 3.63) is 32.0 Å². The minimum Gasteiger partial charge on any atom is -0.465 e. The van der Waals surface area contributed by atoms with Gasteiger partial charge in [0.25, 0.3) is 0 Å². The average molecular weight is 490 g/mol. The first-order valence-corrected chi connectivity index (χ1v) is 11.3. The van der Waals surface area contributed by atoms with E-state index in [1.165, 1.54) is 18.4 Å². The molecule has 1 aliphatic rings. The van der Waals surface area contributed by atoms with Crippen LogP contribution in [0.15, 0.2) is 0 Å². The van der Waals surface area contributed by atoms with Crippen LogP contribution in [0.3, 0.4) is 0 Å². The highest BCUT2D eigenvalue weighted by atomic mass is 35.5. The van der Waals surface area contributed by atoms with Gasteiger partial charge in [0, 0.05) is 39.4 Å². The van der Waals surface area contributed by atoms with Gasteiger partial charge < -0.3 is 24.1 Å². The van der Waals surface area contributed by atoms with Crippen molar-refractivity contribution in [1.82, 2.24) is 9.97 Å². The number of hydrogen-bond acceptors (Lipinski definition) is 8. The summed E-state index contributed by atoms with van der Waals surface area (Å²) in [6, 6.07) is 0. The minimum absolute atomic E-state index is 0.0192. The molecule has 0 unspecified atom stereocenters. The Kier molecular flexibility index (Phi) is 7.98. The Morgan fingerprint density at radius 2 is 2.00 bits per heavy atom. The highest BCUT2D eigenvalue weighted by Gasteiger charge is 2.34. The summed E-state index contributed by atoms with van der Waals surface area (Å²) in [5.74, 6) is -0.507. The van der Waals surface area contributed by atoms with Gasteiger partial charge in [0.05, 0.1) is 35.6 Å². The number of carbonyl (C=O) groups is 2. The number of nitrogens with zero attached hydrogens (tertiary/aromatic N) is 2. The number of ketones is 1. The zero-order valence-corrected chi connectivity index (χ0v) is 20.1. The van der Waals surface area contributed by atoms with E-state index in [-0.39, 0.29) is 29.4 Å². The van der Waals surface area contributed by atoms with Crippen molar-refractivity contribution in [3.63, 3.8) is 0 Å². The van der Waals surface area contributed by atoms with E-state index >= 15 is 0 Å². The first kappa shape index (κ1) is 24.0.